The Bertz CT molecular complexity index is 1650. The lowest BCUT2D eigenvalue weighted by Gasteiger charge is -2.14. The molecule has 0 aliphatic heterocycles. The number of benzene rings is 1. The third kappa shape index (κ3) is 4.88. The molecule has 3 N–H and O–H groups in total. The number of imidazole rings is 1. The molecule has 37 heavy (non-hydrogen) atoms. The molecule has 1 amide bonds. The van der Waals surface area contributed by atoms with Crippen LogP contribution >= 0.6 is 0 Å². The Morgan fingerprint density at radius 1 is 1.22 bits per heavy atom. The van der Waals surface area contributed by atoms with E-state index in [1.54, 1.807) is 24.0 Å². The second kappa shape index (κ2) is 8.87. The number of halogens is 3. The van der Waals surface area contributed by atoms with Crippen LogP contribution in [0.5, 0.6) is 0 Å². The van der Waals surface area contributed by atoms with Gasteiger partial charge in [-0.15, -0.1) is 0 Å². The van der Waals surface area contributed by atoms with Crippen molar-refractivity contribution in [2.45, 2.75) is 30.8 Å². The largest absolute Gasteiger partial charge is 0.352 e. The molecule has 1 aliphatic rings. The number of nitrogens with zero attached hydrogens (tertiary/aromatic N) is 4. The number of hydrogen-bond acceptors (Lipinski definition) is 7. The molecule has 1 saturated carbocycles. The minimum Gasteiger partial charge on any atom is -0.352 e. The van der Waals surface area contributed by atoms with E-state index in [1.807, 2.05) is 6.92 Å². The molecule has 4 aromatic rings. The van der Waals surface area contributed by atoms with Crippen LogP contribution in [0.1, 0.15) is 24.2 Å². The van der Waals surface area contributed by atoms with Crippen LogP contribution in [0, 0.1) is 12.8 Å². The standard InChI is InChI=1S/C23H22F3N7O3S/c1-10-9-33(2)32-18(10)11-4-5-14(16(6-11)37(3,35)36)27-15-8-17(29-23(34)12-7-13(12)24)28-21-19(15)30-22(31-21)20(25)26/h4-6,8-9,12-13,20H,7H2,1-3H3,(H3,27,28,29,30,31,34)/t12-,13+/m0/s1. The predicted octanol–water partition coefficient (Wildman–Crippen LogP) is 4.05. The fraction of sp³-hybridized carbons (Fsp3) is 0.304. The van der Waals surface area contributed by atoms with Crippen molar-refractivity contribution in [2.24, 2.45) is 13.0 Å². The second-order valence-corrected chi connectivity index (χ2v) is 10.9. The van der Waals surface area contributed by atoms with Crippen LogP contribution in [0.2, 0.25) is 0 Å². The number of nitrogens with one attached hydrogen (secondary N) is 3. The molecule has 1 aliphatic carbocycles. The number of aromatic nitrogens is 5. The van der Waals surface area contributed by atoms with E-state index in [9.17, 15) is 26.4 Å². The fourth-order valence-corrected chi connectivity index (χ4v) is 4.90. The van der Waals surface area contributed by atoms with Crippen molar-refractivity contribution >= 4 is 44.1 Å². The van der Waals surface area contributed by atoms with Gasteiger partial charge < -0.3 is 15.6 Å². The topological polar surface area (TPSA) is 135 Å². The quantitative estimate of drug-likeness (QED) is 0.326. The van der Waals surface area contributed by atoms with E-state index >= 15 is 0 Å². The van der Waals surface area contributed by atoms with Gasteiger partial charge in [-0.3, -0.25) is 9.48 Å². The van der Waals surface area contributed by atoms with Crippen molar-refractivity contribution in [2.75, 3.05) is 16.9 Å². The van der Waals surface area contributed by atoms with Crippen LogP contribution in [0.4, 0.5) is 30.4 Å². The number of hydrogen-bond donors (Lipinski definition) is 3. The SMILES string of the molecule is Cc1cn(C)nc1-c1ccc(Nc2cc(NC(=O)[C@H]3C[C@H]3F)nc3[nH]c(C(F)F)nc23)c(S(C)(=O)=O)c1. The van der Waals surface area contributed by atoms with E-state index in [4.69, 9.17) is 0 Å². The first-order valence-corrected chi connectivity index (χ1v) is 13.1. The maximum Gasteiger partial charge on any atom is 0.295 e. The van der Waals surface area contributed by atoms with Crippen LogP contribution < -0.4 is 10.6 Å². The summed E-state index contributed by atoms with van der Waals surface area (Å²) in [6.07, 6.45) is -1.22. The van der Waals surface area contributed by atoms with Gasteiger partial charge in [0.25, 0.3) is 6.43 Å². The summed E-state index contributed by atoms with van der Waals surface area (Å²) in [6, 6.07) is 6.01. The molecule has 194 valence electrons. The highest BCUT2D eigenvalue weighted by Gasteiger charge is 2.43. The Balaban J connectivity index is 1.59. The van der Waals surface area contributed by atoms with Crippen molar-refractivity contribution in [3.05, 3.63) is 41.9 Å². The molecule has 10 nitrogen and oxygen atoms in total. The number of pyridine rings is 1. The number of fused-ring (bicyclic) bond motifs is 1. The summed E-state index contributed by atoms with van der Waals surface area (Å²) in [5.74, 6) is -2.08. The van der Waals surface area contributed by atoms with Crippen LogP contribution in [0.3, 0.4) is 0 Å². The van der Waals surface area contributed by atoms with E-state index < -0.39 is 40.1 Å². The first-order chi connectivity index (χ1) is 17.4. The molecule has 0 radical (unpaired) electrons. The molecule has 1 aromatic carbocycles. The van der Waals surface area contributed by atoms with E-state index in [-0.39, 0.29) is 39.7 Å². The third-order valence-corrected chi connectivity index (χ3v) is 7.05. The average Bonchev–Trinajstić information content (AvgIpc) is 3.22. The minimum absolute atomic E-state index is 0.00665. The number of amides is 1. The first-order valence-electron chi connectivity index (χ1n) is 11.2. The van der Waals surface area contributed by atoms with Gasteiger partial charge in [0.05, 0.1) is 27.9 Å². The van der Waals surface area contributed by atoms with Crippen LogP contribution in [-0.4, -0.2) is 51.5 Å². The molecular weight excluding hydrogens is 511 g/mol. The number of carbonyl (C=O) groups excluding carboxylic acids is 1. The summed E-state index contributed by atoms with van der Waals surface area (Å²) in [5.41, 5.74) is 2.23. The number of anilines is 3. The van der Waals surface area contributed by atoms with Crippen molar-refractivity contribution in [1.82, 2.24) is 24.7 Å². The Labute approximate surface area is 209 Å². The van der Waals surface area contributed by atoms with E-state index in [2.05, 4.69) is 30.7 Å². The normalized spacial score (nSPS) is 17.4. The van der Waals surface area contributed by atoms with Crippen molar-refractivity contribution in [3.8, 4) is 11.3 Å². The zero-order chi connectivity index (χ0) is 26.6. The van der Waals surface area contributed by atoms with Gasteiger partial charge in [-0.25, -0.2) is 31.6 Å². The van der Waals surface area contributed by atoms with E-state index in [0.717, 1.165) is 11.8 Å². The number of aryl methyl sites for hydroxylation is 2. The molecule has 5 rings (SSSR count). The molecule has 3 aromatic heterocycles. The summed E-state index contributed by atoms with van der Waals surface area (Å²) in [6.45, 7) is 1.85. The van der Waals surface area contributed by atoms with Crippen LogP contribution in [0.15, 0.2) is 35.4 Å². The molecule has 3 heterocycles. The van der Waals surface area contributed by atoms with Gasteiger partial charge in [0.15, 0.2) is 21.3 Å². The number of rotatable bonds is 7. The van der Waals surface area contributed by atoms with Crippen LogP contribution in [-0.2, 0) is 21.7 Å². The minimum atomic E-state index is -3.76. The molecular formula is C23H22F3N7O3S. The lowest BCUT2D eigenvalue weighted by Crippen LogP contribution is -2.16. The maximum absolute atomic E-state index is 13.4. The smallest absolute Gasteiger partial charge is 0.295 e. The van der Waals surface area contributed by atoms with Gasteiger partial charge in [0.1, 0.15) is 17.5 Å². The lowest BCUT2D eigenvalue weighted by molar-refractivity contribution is -0.117. The van der Waals surface area contributed by atoms with Gasteiger partial charge >= 0.3 is 0 Å². The lowest BCUT2D eigenvalue weighted by atomic mass is 10.1. The number of carbonyl (C=O) groups is 1. The van der Waals surface area contributed by atoms with E-state index in [0.29, 0.717) is 11.3 Å². The molecule has 0 unspecified atom stereocenters. The second-order valence-electron chi connectivity index (χ2n) is 8.96. The Morgan fingerprint density at radius 2 is 1.95 bits per heavy atom. The summed E-state index contributed by atoms with van der Waals surface area (Å²) >= 11 is 0. The Hall–Kier alpha value is -3.94. The van der Waals surface area contributed by atoms with Gasteiger partial charge in [-0.2, -0.15) is 5.10 Å². The first kappa shape index (κ1) is 24.7. The third-order valence-electron chi connectivity index (χ3n) is 5.91. The highest BCUT2D eigenvalue weighted by Crippen LogP contribution is 2.37. The zero-order valence-corrected chi connectivity index (χ0v) is 20.7. The Kier molecular flexibility index (Phi) is 5.93. The summed E-state index contributed by atoms with van der Waals surface area (Å²) < 4.78 is 67.1. The molecule has 2 atom stereocenters. The van der Waals surface area contributed by atoms with Crippen LogP contribution in [0.25, 0.3) is 22.4 Å². The van der Waals surface area contributed by atoms with Gasteiger partial charge in [-0.1, -0.05) is 6.07 Å². The highest BCUT2D eigenvalue weighted by molar-refractivity contribution is 7.90. The summed E-state index contributed by atoms with van der Waals surface area (Å²) in [7, 11) is -2.01. The van der Waals surface area contributed by atoms with Gasteiger partial charge in [0.2, 0.25) is 5.91 Å². The number of H-pyrrole nitrogens is 1. The molecule has 0 spiro atoms. The summed E-state index contributed by atoms with van der Waals surface area (Å²) in [4.78, 5) is 22.6. The Morgan fingerprint density at radius 3 is 2.54 bits per heavy atom. The number of aromatic amines is 1. The maximum atomic E-state index is 13.4. The number of sulfone groups is 1. The predicted molar refractivity (Wildman–Crippen MR) is 130 cm³/mol. The van der Waals surface area contributed by atoms with Gasteiger partial charge in [0, 0.05) is 31.1 Å². The molecule has 14 heteroatoms. The number of alkyl halides is 3. The van der Waals surface area contributed by atoms with Crippen molar-refractivity contribution in [1.29, 1.82) is 0 Å². The van der Waals surface area contributed by atoms with E-state index in [1.165, 1.54) is 18.2 Å². The monoisotopic (exact) mass is 533 g/mol. The highest BCUT2D eigenvalue weighted by atomic mass is 32.2. The molecule has 1 fully saturated rings. The summed E-state index contributed by atoms with van der Waals surface area (Å²) in [5, 5.41) is 9.81. The average molecular weight is 534 g/mol. The zero-order valence-electron chi connectivity index (χ0n) is 19.9. The molecule has 0 saturated heterocycles. The molecule has 0 bridgehead atoms. The fourth-order valence-electron chi connectivity index (χ4n) is 4.04. The van der Waals surface area contributed by atoms with Crippen molar-refractivity contribution < 1.29 is 26.4 Å². The van der Waals surface area contributed by atoms with Gasteiger partial charge in [-0.05, 0) is 31.0 Å². The van der Waals surface area contributed by atoms with Crippen molar-refractivity contribution in [3.63, 3.8) is 0 Å².